The van der Waals surface area contributed by atoms with Crippen molar-refractivity contribution in [2.24, 2.45) is 0 Å². The molecule has 6 nitrogen and oxygen atoms in total. The van der Waals surface area contributed by atoms with E-state index in [1.165, 1.54) is 116 Å². The van der Waals surface area contributed by atoms with Crippen molar-refractivity contribution in [1.82, 2.24) is 0 Å². The minimum absolute atomic E-state index is 0.114. The van der Waals surface area contributed by atoms with Gasteiger partial charge in [0.05, 0.1) is 0 Å². The molecule has 0 amide bonds. The first-order chi connectivity index (χ1) is 32.0. The highest BCUT2D eigenvalue weighted by atomic mass is 16.6. The molecule has 0 fully saturated rings. The maximum atomic E-state index is 12.8. The highest BCUT2D eigenvalue weighted by Gasteiger charge is 2.19. The molecule has 0 aromatic carbocycles. The molecule has 0 rings (SSSR count). The monoisotopic (exact) mass is 903 g/mol. The molecule has 0 N–H and O–H groups in total. The third kappa shape index (κ3) is 51.2. The summed E-state index contributed by atoms with van der Waals surface area (Å²) in [6, 6.07) is 0. The van der Waals surface area contributed by atoms with Crippen molar-refractivity contribution < 1.29 is 28.6 Å². The topological polar surface area (TPSA) is 78.9 Å². The standard InChI is InChI=1S/C59H98O6/c1-4-7-10-13-16-19-22-25-28-29-32-35-38-41-44-47-50-53-59(62)65-56(54-63-57(60)51-48-45-42-39-36-33-30-26-23-20-17-14-11-8-5-2)55-64-58(61)52-49-46-43-40-37-34-31-27-24-21-18-15-12-9-6-3/h16-17,19-21,24-26,28,30,32,35-36,39,41,44,56H,4-15,18,22-23,27,29,31,33-34,37-38,40,42-43,45-55H2,1-3H3/b19-16-,20-17-,24-21-,28-25-,30-26-,35-32-,39-36-,44-41-/t56-/m1/s1. The van der Waals surface area contributed by atoms with Gasteiger partial charge >= 0.3 is 17.9 Å². The number of rotatable bonds is 47. The highest BCUT2D eigenvalue weighted by molar-refractivity contribution is 5.71. The maximum Gasteiger partial charge on any atom is 0.306 e. The molecule has 0 heterocycles. The average Bonchev–Trinajstić information content (AvgIpc) is 3.30. The maximum absolute atomic E-state index is 12.8. The van der Waals surface area contributed by atoms with Crippen LogP contribution < -0.4 is 0 Å². The van der Waals surface area contributed by atoms with Gasteiger partial charge in [-0.2, -0.15) is 0 Å². The summed E-state index contributed by atoms with van der Waals surface area (Å²) in [7, 11) is 0. The van der Waals surface area contributed by atoms with E-state index in [1.807, 2.05) is 0 Å². The number of allylic oxidation sites excluding steroid dienone is 16. The zero-order valence-corrected chi connectivity index (χ0v) is 42.2. The van der Waals surface area contributed by atoms with Crippen LogP contribution in [0.25, 0.3) is 0 Å². The Morgan fingerprint density at radius 3 is 0.985 bits per heavy atom. The summed E-state index contributed by atoms with van der Waals surface area (Å²) >= 11 is 0. The second-order valence-corrected chi connectivity index (χ2v) is 17.4. The van der Waals surface area contributed by atoms with Crippen molar-refractivity contribution in [1.29, 1.82) is 0 Å². The van der Waals surface area contributed by atoms with E-state index in [2.05, 4.69) is 118 Å². The number of hydrogen-bond donors (Lipinski definition) is 0. The molecule has 370 valence electrons. The van der Waals surface area contributed by atoms with E-state index in [-0.39, 0.29) is 37.5 Å². The molecule has 0 aliphatic carbocycles. The van der Waals surface area contributed by atoms with Crippen molar-refractivity contribution in [3.05, 3.63) is 97.2 Å². The molecule has 1 atom stereocenters. The van der Waals surface area contributed by atoms with Crippen LogP contribution in [-0.2, 0) is 28.6 Å². The summed E-state index contributed by atoms with van der Waals surface area (Å²) in [5, 5.41) is 0. The second-order valence-electron chi connectivity index (χ2n) is 17.4. The van der Waals surface area contributed by atoms with Crippen LogP contribution in [0.3, 0.4) is 0 Å². The fourth-order valence-electron chi connectivity index (χ4n) is 6.96. The molecule has 0 aliphatic heterocycles. The van der Waals surface area contributed by atoms with Crippen molar-refractivity contribution >= 4 is 17.9 Å². The number of carbonyl (C=O) groups is 3. The molecule has 0 radical (unpaired) electrons. The van der Waals surface area contributed by atoms with Crippen LogP contribution in [0.15, 0.2) is 97.2 Å². The summed E-state index contributed by atoms with van der Waals surface area (Å²) in [5.41, 5.74) is 0. The van der Waals surface area contributed by atoms with Gasteiger partial charge in [-0.3, -0.25) is 14.4 Å². The van der Waals surface area contributed by atoms with Crippen LogP contribution >= 0.6 is 0 Å². The lowest BCUT2D eigenvalue weighted by Gasteiger charge is -2.18. The van der Waals surface area contributed by atoms with E-state index in [9.17, 15) is 14.4 Å². The summed E-state index contributed by atoms with van der Waals surface area (Å²) < 4.78 is 16.7. The molecule has 0 aliphatic rings. The van der Waals surface area contributed by atoms with E-state index < -0.39 is 6.10 Å². The minimum Gasteiger partial charge on any atom is -0.462 e. The fraction of sp³-hybridized carbons (Fsp3) is 0.678. The number of carbonyl (C=O) groups excluding carboxylic acids is 3. The molecular weight excluding hydrogens is 805 g/mol. The van der Waals surface area contributed by atoms with Gasteiger partial charge in [0, 0.05) is 19.3 Å². The molecule has 0 saturated heterocycles. The summed E-state index contributed by atoms with van der Waals surface area (Å²) in [5.74, 6) is -1.02. The Morgan fingerprint density at radius 2 is 0.569 bits per heavy atom. The largest absolute Gasteiger partial charge is 0.462 e. The Labute approximate surface area is 400 Å². The first-order valence-electron chi connectivity index (χ1n) is 26.7. The van der Waals surface area contributed by atoms with Gasteiger partial charge in [0.15, 0.2) is 6.10 Å². The van der Waals surface area contributed by atoms with E-state index in [0.29, 0.717) is 19.3 Å². The van der Waals surface area contributed by atoms with Crippen LogP contribution in [0.5, 0.6) is 0 Å². The minimum atomic E-state index is -0.824. The SMILES string of the molecule is CCCCC/C=C\C/C=C\C/C=C\C/C=C\CCCC(=O)O[C@H](COC(=O)CCCC/C=C\C/C=C\C/C=C\CCCCC)COC(=O)CCCCCCCCC/C=C\CCCCCC. The first kappa shape index (κ1) is 61.3. The Bertz CT molecular complexity index is 1310. The average molecular weight is 903 g/mol. The van der Waals surface area contributed by atoms with Crippen LogP contribution in [0.1, 0.15) is 239 Å². The van der Waals surface area contributed by atoms with Gasteiger partial charge in [0.25, 0.3) is 0 Å². The molecule has 0 spiro atoms. The van der Waals surface area contributed by atoms with Gasteiger partial charge in [-0.05, 0) is 122 Å². The number of ether oxygens (including phenoxy) is 3. The Kier molecular flexibility index (Phi) is 50.0. The Hall–Kier alpha value is -3.67. The molecule has 65 heavy (non-hydrogen) atoms. The van der Waals surface area contributed by atoms with Gasteiger partial charge in [0.2, 0.25) is 0 Å². The van der Waals surface area contributed by atoms with Crippen LogP contribution in [-0.4, -0.2) is 37.2 Å². The second kappa shape index (κ2) is 52.9. The van der Waals surface area contributed by atoms with Crippen molar-refractivity contribution in [3.63, 3.8) is 0 Å². The number of hydrogen-bond acceptors (Lipinski definition) is 6. The normalized spacial score (nSPS) is 12.8. The first-order valence-corrected chi connectivity index (χ1v) is 26.7. The van der Waals surface area contributed by atoms with Gasteiger partial charge in [0.1, 0.15) is 13.2 Å². The van der Waals surface area contributed by atoms with Crippen LogP contribution in [0.4, 0.5) is 0 Å². The zero-order chi connectivity index (χ0) is 47.2. The van der Waals surface area contributed by atoms with E-state index in [0.717, 1.165) is 77.0 Å². The molecule has 0 saturated carbocycles. The van der Waals surface area contributed by atoms with E-state index >= 15 is 0 Å². The molecule has 6 heteroatoms. The summed E-state index contributed by atoms with van der Waals surface area (Å²) in [6.07, 6.45) is 69.6. The molecular formula is C59H98O6. The van der Waals surface area contributed by atoms with Gasteiger partial charge in [-0.15, -0.1) is 0 Å². The third-order valence-corrected chi connectivity index (χ3v) is 11.0. The van der Waals surface area contributed by atoms with Crippen molar-refractivity contribution in [3.8, 4) is 0 Å². The molecule has 0 bridgehead atoms. The lowest BCUT2D eigenvalue weighted by molar-refractivity contribution is -0.167. The van der Waals surface area contributed by atoms with E-state index in [1.54, 1.807) is 0 Å². The predicted molar refractivity (Wildman–Crippen MR) is 279 cm³/mol. The zero-order valence-electron chi connectivity index (χ0n) is 42.2. The van der Waals surface area contributed by atoms with Crippen LogP contribution in [0, 0.1) is 0 Å². The van der Waals surface area contributed by atoms with E-state index in [4.69, 9.17) is 14.2 Å². The molecule has 0 aromatic heterocycles. The highest BCUT2D eigenvalue weighted by Crippen LogP contribution is 2.13. The Balaban J connectivity index is 4.56. The smallest absolute Gasteiger partial charge is 0.306 e. The molecule has 0 unspecified atom stereocenters. The Morgan fingerprint density at radius 1 is 0.308 bits per heavy atom. The number of esters is 3. The summed E-state index contributed by atoms with van der Waals surface area (Å²) in [4.78, 5) is 38.0. The van der Waals surface area contributed by atoms with Crippen molar-refractivity contribution in [2.45, 2.75) is 245 Å². The van der Waals surface area contributed by atoms with Gasteiger partial charge < -0.3 is 14.2 Å². The quantitative estimate of drug-likeness (QED) is 0.0262. The van der Waals surface area contributed by atoms with Gasteiger partial charge in [-0.25, -0.2) is 0 Å². The third-order valence-electron chi connectivity index (χ3n) is 11.0. The van der Waals surface area contributed by atoms with Crippen LogP contribution in [0.2, 0.25) is 0 Å². The predicted octanol–water partition coefficient (Wildman–Crippen LogP) is 17.8. The van der Waals surface area contributed by atoms with Gasteiger partial charge in [-0.1, -0.05) is 195 Å². The molecule has 0 aromatic rings. The summed E-state index contributed by atoms with van der Waals surface area (Å²) in [6.45, 7) is 6.48. The van der Waals surface area contributed by atoms with Crippen molar-refractivity contribution in [2.75, 3.05) is 13.2 Å². The lowest BCUT2D eigenvalue weighted by atomic mass is 10.1. The lowest BCUT2D eigenvalue weighted by Crippen LogP contribution is -2.30. The number of unbranched alkanes of at least 4 members (excludes halogenated alkanes) is 20. The fourth-order valence-corrected chi connectivity index (χ4v) is 6.96.